The van der Waals surface area contributed by atoms with Crippen LogP contribution in [-0.4, -0.2) is 41.6 Å². The zero-order valence-electron chi connectivity index (χ0n) is 19.5. The molecule has 1 heterocycles. The molecule has 1 fully saturated rings. The van der Waals surface area contributed by atoms with E-state index in [0.29, 0.717) is 17.3 Å². The summed E-state index contributed by atoms with van der Waals surface area (Å²) < 4.78 is 27.8. The molecule has 0 aromatic carbocycles. The summed E-state index contributed by atoms with van der Waals surface area (Å²) in [4.78, 5) is 3.90. The van der Waals surface area contributed by atoms with E-state index < -0.39 is 10.8 Å². The number of hydrogen-bond donors (Lipinski definition) is 0. The molecule has 1 rings (SSSR count). The van der Waals surface area contributed by atoms with Crippen LogP contribution < -0.4 is 0 Å². The van der Waals surface area contributed by atoms with Crippen molar-refractivity contribution >= 4 is 15.8 Å². The van der Waals surface area contributed by atoms with E-state index in [0.717, 1.165) is 36.5 Å². The summed E-state index contributed by atoms with van der Waals surface area (Å²) in [5, 5.41) is 0.627. The number of allylic oxidation sites excluding steroid dienone is 5. The topological polar surface area (TPSA) is 57.1 Å². The summed E-state index contributed by atoms with van der Waals surface area (Å²) in [6.07, 6.45) is 6.12. The van der Waals surface area contributed by atoms with Crippen molar-refractivity contribution in [2.75, 3.05) is 26.1 Å². The third kappa shape index (κ3) is 12.6. The molecule has 0 bridgehead atoms. The van der Waals surface area contributed by atoms with E-state index in [-0.39, 0.29) is 11.7 Å². The van der Waals surface area contributed by atoms with Crippen molar-refractivity contribution in [1.82, 2.24) is 0 Å². The highest BCUT2D eigenvalue weighted by Crippen LogP contribution is 2.24. The Morgan fingerprint density at radius 1 is 1.21 bits per heavy atom. The number of hydrogen-bond acceptors (Lipinski definition) is 5. The lowest BCUT2D eigenvalue weighted by Gasteiger charge is -2.34. The van der Waals surface area contributed by atoms with Crippen LogP contribution >= 0.6 is 0 Å². The molecule has 166 valence electrons. The third-order valence-electron chi connectivity index (χ3n) is 4.02. The number of ether oxygens (including phenoxy) is 3. The van der Waals surface area contributed by atoms with E-state index >= 15 is 0 Å². The van der Waals surface area contributed by atoms with Gasteiger partial charge in [-0.2, -0.15) is 0 Å². The van der Waals surface area contributed by atoms with E-state index in [9.17, 15) is 4.21 Å². The lowest BCUT2D eigenvalue weighted by atomic mass is 9.95. The summed E-state index contributed by atoms with van der Waals surface area (Å²) in [7, 11) is -0.942. The number of aliphatic imine (C=N–C) groups is 1. The molecule has 1 aliphatic rings. The summed E-state index contributed by atoms with van der Waals surface area (Å²) in [5.74, 6) is 0.871. The highest BCUT2D eigenvalue weighted by Gasteiger charge is 2.28. The smallest absolute Gasteiger partial charge is 0.160 e. The van der Waals surface area contributed by atoms with Crippen molar-refractivity contribution in [3.05, 3.63) is 47.9 Å². The molecule has 1 atom stereocenters. The number of rotatable bonds is 7. The molecule has 0 N–H and O–H groups in total. The predicted molar refractivity (Wildman–Crippen MR) is 124 cm³/mol. The van der Waals surface area contributed by atoms with Gasteiger partial charge < -0.3 is 14.2 Å². The van der Waals surface area contributed by atoms with Gasteiger partial charge in [-0.3, -0.25) is 4.21 Å². The Balaban J connectivity index is 0.000000734. The van der Waals surface area contributed by atoms with Crippen LogP contribution in [-0.2, 0) is 25.0 Å². The molecule has 0 aliphatic carbocycles. The van der Waals surface area contributed by atoms with Crippen LogP contribution in [0.15, 0.2) is 52.9 Å². The van der Waals surface area contributed by atoms with E-state index in [1.165, 1.54) is 0 Å². The van der Waals surface area contributed by atoms with Gasteiger partial charge in [-0.05, 0) is 46.3 Å². The van der Waals surface area contributed by atoms with Crippen molar-refractivity contribution in [2.24, 2.45) is 10.4 Å². The van der Waals surface area contributed by atoms with Gasteiger partial charge in [0.25, 0.3) is 0 Å². The largest absolute Gasteiger partial charge is 0.493 e. The average molecular weight is 426 g/mol. The maximum atomic E-state index is 10.6. The van der Waals surface area contributed by atoms with Crippen LogP contribution in [0.25, 0.3) is 0 Å². The van der Waals surface area contributed by atoms with E-state index in [1.54, 1.807) is 20.1 Å². The van der Waals surface area contributed by atoms with Gasteiger partial charge in [-0.15, -0.1) is 0 Å². The zero-order valence-corrected chi connectivity index (χ0v) is 20.3. The van der Waals surface area contributed by atoms with Crippen molar-refractivity contribution in [3.63, 3.8) is 0 Å². The van der Waals surface area contributed by atoms with Gasteiger partial charge in [0.2, 0.25) is 0 Å². The molecular formula is C23H39NO4S. The van der Waals surface area contributed by atoms with Gasteiger partial charge in [0.1, 0.15) is 10.8 Å². The second-order valence-electron chi connectivity index (χ2n) is 7.94. The fourth-order valence-electron chi connectivity index (χ4n) is 2.13. The van der Waals surface area contributed by atoms with Crippen LogP contribution in [0.3, 0.4) is 0 Å². The van der Waals surface area contributed by atoms with Crippen molar-refractivity contribution in [1.29, 1.82) is 0 Å². The maximum absolute atomic E-state index is 10.6. The highest BCUT2D eigenvalue weighted by atomic mass is 32.2. The second kappa shape index (κ2) is 13.7. The molecule has 1 unspecified atom stereocenters. The summed E-state index contributed by atoms with van der Waals surface area (Å²) in [6.45, 7) is 23.3. The summed E-state index contributed by atoms with van der Waals surface area (Å²) in [6, 6.07) is 0. The normalized spacial score (nSPS) is 19.1. The molecule has 6 heteroatoms. The number of nitrogens with zero attached hydrogens (tertiary/aromatic N) is 1. The zero-order chi connectivity index (χ0) is 22.6. The van der Waals surface area contributed by atoms with E-state index in [4.69, 9.17) is 14.2 Å². The van der Waals surface area contributed by atoms with Crippen molar-refractivity contribution in [2.45, 2.75) is 61.2 Å². The van der Waals surface area contributed by atoms with E-state index in [2.05, 4.69) is 32.0 Å². The van der Waals surface area contributed by atoms with Crippen LogP contribution in [0, 0.1) is 5.41 Å². The van der Waals surface area contributed by atoms with Crippen LogP contribution in [0.2, 0.25) is 0 Å². The standard InChI is InChI=1S/C17H28O3.C6H11NOS/c1-7-8-15(14(4)13(2)3)18-10-9-16-19-11-17(5,6)12-20-16;1-5(2)7-6(3)9(4)8/h7-8,16H,2,9-12H2,1,3-6H3;1H2,2-4H3/b8-7-,15-14+;. The van der Waals surface area contributed by atoms with Crippen LogP contribution in [0.4, 0.5) is 0 Å². The van der Waals surface area contributed by atoms with Crippen LogP contribution in [0.5, 0.6) is 0 Å². The monoisotopic (exact) mass is 425 g/mol. The molecule has 5 nitrogen and oxygen atoms in total. The molecule has 29 heavy (non-hydrogen) atoms. The third-order valence-corrected chi connectivity index (χ3v) is 4.95. The Morgan fingerprint density at radius 2 is 1.76 bits per heavy atom. The molecule has 0 radical (unpaired) electrons. The summed E-state index contributed by atoms with van der Waals surface area (Å²) >= 11 is 0. The van der Waals surface area contributed by atoms with E-state index in [1.807, 2.05) is 32.9 Å². The fraction of sp³-hybridized carbons (Fsp3) is 0.609. The van der Waals surface area contributed by atoms with Gasteiger partial charge in [0.15, 0.2) is 6.29 Å². The Bertz CT molecular complexity index is 664. The first kappa shape index (κ1) is 27.5. The Hall–Kier alpha value is -1.50. The van der Waals surface area contributed by atoms with Gasteiger partial charge in [0, 0.05) is 23.8 Å². The molecule has 0 aromatic rings. The molecule has 1 aliphatic heterocycles. The Kier molecular flexibility index (Phi) is 13.0. The molecule has 1 saturated heterocycles. The molecular weight excluding hydrogens is 386 g/mol. The average Bonchev–Trinajstić information content (AvgIpc) is 2.61. The molecule has 0 aromatic heterocycles. The quantitative estimate of drug-likeness (QED) is 0.233. The van der Waals surface area contributed by atoms with Gasteiger partial charge in [0.05, 0.1) is 30.6 Å². The maximum Gasteiger partial charge on any atom is 0.160 e. The molecule has 0 saturated carbocycles. The van der Waals surface area contributed by atoms with Gasteiger partial charge in [-0.25, -0.2) is 4.99 Å². The Morgan fingerprint density at radius 3 is 2.14 bits per heavy atom. The minimum Gasteiger partial charge on any atom is -0.493 e. The minimum atomic E-state index is -0.942. The first-order chi connectivity index (χ1) is 13.4. The van der Waals surface area contributed by atoms with Crippen LogP contribution in [0.1, 0.15) is 54.9 Å². The Labute approximate surface area is 180 Å². The molecule has 0 amide bonds. The first-order valence-electron chi connectivity index (χ1n) is 9.79. The minimum absolute atomic E-state index is 0.115. The highest BCUT2D eigenvalue weighted by molar-refractivity contribution is 7.99. The molecule has 0 spiro atoms. The van der Waals surface area contributed by atoms with Crippen molar-refractivity contribution < 1.29 is 18.4 Å². The first-order valence-corrected chi connectivity index (χ1v) is 11.3. The predicted octanol–water partition coefficient (Wildman–Crippen LogP) is 5.54. The second-order valence-corrected chi connectivity index (χ2v) is 9.44. The fourth-order valence-corrected chi connectivity index (χ4v) is 2.42. The SMILES string of the molecule is C=C(C)/C(C)=C(\C=C/C)OCCC1OCC(C)(C)CO1.C=C(C)N=C(C)S(C)=O. The summed E-state index contributed by atoms with van der Waals surface area (Å²) in [5.41, 5.74) is 2.91. The lowest BCUT2D eigenvalue weighted by molar-refractivity contribution is -0.226. The van der Waals surface area contributed by atoms with Gasteiger partial charge in [-0.1, -0.05) is 38.7 Å². The lowest BCUT2D eigenvalue weighted by Crippen LogP contribution is -2.38. The van der Waals surface area contributed by atoms with Gasteiger partial charge >= 0.3 is 0 Å². The van der Waals surface area contributed by atoms with Crippen molar-refractivity contribution in [3.8, 4) is 0 Å².